The smallest absolute Gasteiger partial charge is 0.223 e. The molecule has 24 heavy (non-hydrogen) atoms. The van der Waals surface area contributed by atoms with E-state index in [1.165, 1.54) is 11.8 Å². The van der Waals surface area contributed by atoms with E-state index in [9.17, 15) is 9.59 Å². The number of amides is 2. The normalized spacial score (nSPS) is 9.83. The van der Waals surface area contributed by atoms with Gasteiger partial charge in [0.25, 0.3) is 0 Å². The molecule has 6 heteroatoms. The number of hydrogen-bond donors (Lipinski definition) is 1. The second-order valence-electron chi connectivity index (χ2n) is 5.18. The molecule has 0 aliphatic carbocycles. The maximum absolute atomic E-state index is 12.0. The van der Waals surface area contributed by atoms with Gasteiger partial charge in [0.1, 0.15) is 0 Å². The van der Waals surface area contributed by atoms with Crippen molar-refractivity contribution < 1.29 is 9.59 Å². The molecule has 122 valence electrons. The summed E-state index contributed by atoms with van der Waals surface area (Å²) in [6.45, 7) is 2.03. The zero-order valence-corrected chi connectivity index (χ0v) is 13.4. The Kier molecular flexibility index (Phi) is 6.03. The molecule has 0 aliphatic rings. The molecule has 1 aromatic heterocycles. The number of pyridine rings is 1. The van der Waals surface area contributed by atoms with Crippen LogP contribution in [0.3, 0.4) is 0 Å². The third kappa shape index (κ3) is 4.92. The lowest BCUT2D eigenvalue weighted by atomic mass is 10.2. The summed E-state index contributed by atoms with van der Waals surface area (Å²) in [5, 5.41) is 11.7. The number of nitrogens with one attached hydrogen (secondary N) is 1. The molecule has 2 amide bonds. The molecular weight excluding hydrogens is 304 g/mol. The quantitative estimate of drug-likeness (QED) is 0.881. The van der Waals surface area contributed by atoms with E-state index in [1.54, 1.807) is 30.5 Å². The fourth-order valence-corrected chi connectivity index (χ4v) is 2.21. The highest BCUT2D eigenvalue weighted by Crippen LogP contribution is 2.16. The van der Waals surface area contributed by atoms with Crippen LogP contribution in [0.2, 0.25) is 0 Å². The van der Waals surface area contributed by atoms with E-state index >= 15 is 0 Å². The molecule has 0 saturated carbocycles. The van der Waals surface area contributed by atoms with Gasteiger partial charge >= 0.3 is 0 Å². The van der Waals surface area contributed by atoms with Gasteiger partial charge in [0.2, 0.25) is 11.8 Å². The van der Waals surface area contributed by atoms with Crippen molar-refractivity contribution in [2.75, 3.05) is 11.4 Å². The van der Waals surface area contributed by atoms with E-state index in [-0.39, 0.29) is 24.8 Å². The number of nitrogens with zero attached hydrogens (tertiary/aromatic N) is 3. The fraction of sp³-hybridized carbons (Fsp3) is 0.222. The molecule has 0 fully saturated rings. The number of rotatable bonds is 6. The molecule has 1 N–H and O–H groups in total. The van der Waals surface area contributed by atoms with Gasteiger partial charge in [0.05, 0.1) is 23.9 Å². The van der Waals surface area contributed by atoms with Crippen molar-refractivity contribution in [1.82, 2.24) is 10.3 Å². The molecule has 0 aliphatic heterocycles. The zero-order chi connectivity index (χ0) is 17.4. The van der Waals surface area contributed by atoms with Crippen LogP contribution in [0.1, 0.15) is 24.6 Å². The lowest BCUT2D eigenvalue weighted by Gasteiger charge is -2.21. The van der Waals surface area contributed by atoms with Crippen LogP contribution in [-0.2, 0) is 16.1 Å². The molecule has 2 aromatic rings. The lowest BCUT2D eigenvalue weighted by Crippen LogP contribution is -2.33. The van der Waals surface area contributed by atoms with Crippen LogP contribution < -0.4 is 10.2 Å². The second kappa shape index (κ2) is 8.44. The minimum absolute atomic E-state index is 0.164. The molecule has 0 radical (unpaired) electrons. The minimum Gasteiger partial charge on any atom is -0.350 e. The van der Waals surface area contributed by atoms with Crippen molar-refractivity contribution in [2.45, 2.75) is 19.9 Å². The van der Waals surface area contributed by atoms with E-state index in [4.69, 9.17) is 5.26 Å². The molecule has 0 atom stereocenters. The van der Waals surface area contributed by atoms with Crippen LogP contribution >= 0.6 is 0 Å². The van der Waals surface area contributed by atoms with Crippen LogP contribution in [0.25, 0.3) is 0 Å². The Morgan fingerprint density at radius 1 is 1.25 bits per heavy atom. The third-order valence-electron chi connectivity index (χ3n) is 3.42. The number of nitriles is 1. The van der Waals surface area contributed by atoms with Crippen molar-refractivity contribution in [3.8, 4) is 6.07 Å². The standard InChI is InChI=1S/C18H18N4O2/c1-14(23)22(17-7-4-5-15(11-17)12-19)10-8-18(24)21-13-16-6-2-3-9-20-16/h2-7,9,11H,8,10,13H2,1H3,(H,21,24). The molecule has 6 nitrogen and oxygen atoms in total. The number of benzene rings is 1. The third-order valence-corrected chi connectivity index (χ3v) is 3.42. The Morgan fingerprint density at radius 3 is 2.75 bits per heavy atom. The first-order chi connectivity index (χ1) is 11.6. The summed E-state index contributed by atoms with van der Waals surface area (Å²) < 4.78 is 0. The van der Waals surface area contributed by atoms with E-state index in [2.05, 4.69) is 10.3 Å². The Hall–Kier alpha value is -3.20. The van der Waals surface area contributed by atoms with Crippen molar-refractivity contribution in [1.29, 1.82) is 5.26 Å². The van der Waals surface area contributed by atoms with Crippen LogP contribution in [-0.4, -0.2) is 23.3 Å². The van der Waals surface area contributed by atoms with E-state index < -0.39 is 0 Å². The van der Waals surface area contributed by atoms with Crippen molar-refractivity contribution in [2.24, 2.45) is 0 Å². The first-order valence-electron chi connectivity index (χ1n) is 7.55. The van der Waals surface area contributed by atoms with Gasteiger partial charge in [0.15, 0.2) is 0 Å². The highest BCUT2D eigenvalue weighted by molar-refractivity contribution is 5.92. The molecule has 1 heterocycles. The van der Waals surface area contributed by atoms with Crippen LogP contribution in [0, 0.1) is 11.3 Å². The topological polar surface area (TPSA) is 86.1 Å². The first-order valence-corrected chi connectivity index (χ1v) is 7.55. The Morgan fingerprint density at radius 2 is 2.08 bits per heavy atom. The van der Waals surface area contributed by atoms with Gasteiger partial charge in [-0.25, -0.2) is 0 Å². The Balaban J connectivity index is 1.92. The van der Waals surface area contributed by atoms with E-state index in [1.807, 2.05) is 24.3 Å². The van der Waals surface area contributed by atoms with Crippen molar-refractivity contribution in [3.63, 3.8) is 0 Å². The summed E-state index contributed by atoms with van der Waals surface area (Å²) in [6, 6.07) is 14.3. The molecule has 1 aromatic carbocycles. The van der Waals surface area contributed by atoms with E-state index in [0.717, 1.165) is 5.69 Å². The number of aromatic nitrogens is 1. The Labute approximate surface area is 140 Å². The molecular formula is C18H18N4O2. The van der Waals surface area contributed by atoms with Gasteiger partial charge in [-0.3, -0.25) is 14.6 Å². The number of carbonyl (C=O) groups excluding carboxylic acids is 2. The monoisotopic (exact) mass is 322 g/mol. The SMILES string of the molecule is CC(=O)N(CCC(=O)NCc1ccccn1)c1cccc(C#N)c1. The average molecular weight is 322 g/mol. The minimum atomic E-state index is -0.178. The maximum Gasteiger partial charge on any atom is 0.223 e. The maximum atomic E-state index is 12.0. The summed E-state index contributed by atoms with van der Waals surface area (Å²) >= 11 is 0. The number of anilines is 1. The van der Waals surface area contributed by atoms with E-state index in [0.29, 0.717) is 17.8 Å². The predicted molar refractivity (Wildman–Crippen MR) is 89.9 cm³/mol. The first kappa shape index (κ1) is 17.2. The largest absolute Gasteiger partial charge is 0.350 e. The summed E-state index contributed by atoms with van der Waals surface area (Å²) in [6.07, 6.45) is 1.84. The van der Waals surface area contributed by atoms with Crippen LogP contribution in [0.15, 0.2) is 48.7 Å². The highest BCUT2D eigenvalue weighted by Gasteiger charge is 2.14. The molecule has 0 saturated heterocycles. The predicted octanol–water partition coefficient (Wildman–Crippen LogP) is 2.01. The van der Waals surface area contributed by atoms with Crippen molar-refractivity contribution >= 4 is 17.5 Å². The number of hydrogen-bond acceptors (Lipinski definition) is 4. The molecule has 0 unspecified atom stereocenters. The van der Waals surface area contributed by atoms with Gasteiger partial charge in [-0.15, -0.1) is 0 Å². The lowest BCUT2D eigenvalue weighted by molar-refractivity contribution is -0.121. The second-order valence-corrected chi connectivity index (χ2v) is 5.18. The van der Waals surface area contributed by atoms with Gasteiger partial charge in [0, 0.05) is 31.8 Å². The fourth-order valence-electron chi connectivity index (χ4n) is 2.21. The van der Waals surface area contributed by atoms with Gasteiger partial charge < -0.3 is 10.2 Å². The Bertz CT molecular complexity index is 753. The summed E-state index contributed by atoms with van der Waals surface area (Å²) in [7, 11) is 0. The summed E-state index contributed by atoms with van der Waals surface area (Å²) in [5.74, 6) is -0.342. The molecule has 0 spiro atoms. The molecule has 0 bridgehead atoms. The van der Waals surface area contributed by atoms with Gasteiger partial charge in [-0.2, -0.15) is 5.26 Å². The molecule has 2 rings (SSSR count). The van der Waals surface area contributed by atoms with Crippen LogP contribution in [0.5, 0.6) is 0 Å². The summed E-state index contributed by atoms with van der Waals surface area (Å²) in [4.78, 5) is 29.4. The average Bonchev–Trinajstić information content (AvgIpc) is 2.61. The summed E-state index contributed by atoms with van der Waals surface area (Å²) in [5.41, 5.74) is 1.86. The van der Waals surface area contributed by atoms with Gasteiger partial charge in [-0.1, -0.05) is 12.1 Å². The number of carbonyl (C=O) groups is 2. The van der Waals surface area contributed by atoms with Crippen LogP contribution in [0.4, 0.5) is 5.69 Å². The van der Waals surface area contributed by atoms with Crippen molar-refractivity contribution in [3.05, 3.63) is 59.9 Å². The highest BCUT2D eigenvalue weighted by atomic mass is 16.2. The zero-order valence-electron chi connectivity index (χ0n) is 13.4. The van der Waals surface area contributed by atoms with Gasteiger partial charge in [-0.05, 0) is 30.3 Å².